The summed E-state index contributed by atoms with van der Waals surface area (Å²) in [5.74, 6) is 0.766. The zero-order valence-electron chi connectivity index (χ0n) is 10.6. The molecule has 0 aromatic rings. The van der Waals surface area contributed by atoms with Gasteiger partial charge in [0.05, 0.1) is 6.61 Å². The van der Waals surface area contributed by atoms with Crippen molar-refractivity contribution in [2.45, 2.75) is 32.2 Å². The second-order valence-electron chi connectivity index (χ2n) is 4.94. The van der Waals surface area contributed by atoms with E-state index in [1.807, 2.05) is 0 Å². The highest BCUT2D eigenvalue weighted by atomic mass is 16.3. The average Bonchev–Trinajstić information content (AvgIpc) is 2.59. The van der Waals surface area contributed by atoms with Crippen molar-refractivity contribution in [2.24, 2.45) is 5.92 Å². The lowest BCUT2D eigenvalue weighted by atomic mass is 10.0. The fourth-order valence-corrected chi connectivity index (χ4v) is 2.32. The average molecular weight is 228 g/mol. The molecular formula is C12H24N2O2. The van der Waals surface area contributed by atoms with Crippen LogP contribution in [0.25, 0.3) is 0 Å². The van der Waals surface area contributed by atoms with Gasteiger partial charge in [-0.2, -0.15) is 0 Å². The highest BCUT2D eigenvalue weighted by molar-refractivity contribution is 5.75. The molecule has 2 unspecified atom stereocenters. The molecule has 16 heavy (non-hydrogen) atoms. The largest absolute Gasteiger partial charge is 0.395 e. The summed E-state index contributed by atoms with van der Waals surface area (Å²) in [6.45, 7) is 4.41. The highest BCUT2D eigenvalue weighted by Crippen LogP contribution is 2.23. The van der Waals surface area contributed by atoms with Crippen molar-refractivity contribution in [3.63, 3.8) is 0 Å². The Kier molecular flexibility index (Phi) is 5.22. The summed E-state index contributed by atoms with van der Waals surface area (Å²) in [5, 5.41) is 9.29. The Morgan fingerprint density at radius 1 is 1.50 bits per heavy atom. The summed E-state index contributed by atoms with van der Waals surface area (Å²) in [6.07, 6.45) is 2.66. The minimum absolute atomic E-state index is 0.188. The van der Waals surface area contributed by atoms with Crippen LogP contribution in [0, 0.1) is 5.92 Å². The Morgan fingerprint density at radius 2 is 2.19 bits per heavy atom. The third-order valence-corrected chi connectivity index (χ3v) is 3.52. The number of hydrogen-bond acceptors (Lipinski definition) is 3. The van der Waals surface area contributed by atoms with Crippen LogP contribution in [0.3, 0.4) is 0 Å². The predicted molar refractivity (Wildman–Crippen MR) is 64.2 cm³/mol. The minimum Gasteiger partial charge on any atom is -0.395 e. The maximum atomic E-state index is 11.4. The van der Waals surface area contributed by atoms with Gasteiger partial charge in [0.2, 0.25) is 5.91 Å². The van der Waals surface area contributed by atoms with E-state index in [2.05, 4.69) is 11.8 Å². The number of amides is 1. The summed E-state index contributed by atoms with van der Waals surface area (Å²) in [7, 11) is 3.58. The Bertz CT molecular complexity index is 231. The van der Waals surface area contributed by atoms with Crippen LogP contribution in [-0.4, -0.2) is 60.6 Å². The van der Waals surface area contributed by atoms with E-state index >= 15 is 0 Å². The Morgan fingerprint density at radius 3 is 2.75 bits per heavy atom. The van der Waals surface area contributed by atoms with Crippen molar-refractivity contribution in [1.82, 2.24) is 9.80 Å². The molecule has 0 radical (unpaired) electrons. The monoisotopic (exact) mass is 228 g/mol. The first-order valence-corrected chi connectivity index (χ1v) is 6.11. The number of carbonyl (C=O) groups is 1. The van der Waals surface area contributed by atoms with Gasteiger partial charge < -0.3 is 10.0 Å². The second kappa shape index (κ2) is 6.21. The maximum absolute atomic E-state index is 11.4. The van der Waals surface area contributed by atoms with E-state index in [1.54, 1.807) is 19.0 Å². The first-order chi connectivity index (χ1) is 7.56. The van der Waals surface area contributed by atoms with Crippen LogP contribution < -0.4 is 0 Å². The molecule has 1 amide bonds. The third kappa shape index (κ3) is 3.46. The minimum atomic E-state index is 0.188. The van der Waals surface area contributed by atoms with E-state index in [9.17, 15) is 9.90 Å². The molecule has 94 valence electrons. The molecule has 1 N–H and O–H groups in total. The van der Waals surface area contributed by atoms with Crippen molar-refractivity contribution >= 4 is 5.91 Å². The molecule has 0 aliphatic carbocycles. The Labute approximate surface area is 98.2 Å². The number of hydrogen-bond donors (Lipinski definition) is 1. The zero-order chi connectivity index (χ0) is 12.1. The molecule has 1 saturated heterocycles. The van der Waals surface area contributed by atoms with Crippen LogP contribution in [0.2, 0.25) is 0 Å². The van der Waals surface area contributed by atoms with Crippen LogP contribution in [-0.2, 0) is 4.79 Å². The number of carbonyl (C=O) groups excluding carboxylic acids is 1. The Balaban J connectivity index is 2.25. The van der Waals surface area contributed by atoms with Gasteiger partial charge in [-0.3, -0.25) is 9.69 Å². The molecular weight excluding hydrogens is 204 g/mol. The Hall–Kier alpha value is -0.610. The van der Waals surface area contributed by atoms with Crippen LogP contribution in [0.5, 0.6) is 0 Å². The van der Waals surface area contributed by atoms with Crippen LogP contribution in [0.15, 0.2) is 0 Å². The molecule has 0 aromatic carbocycles. The number of aliphatic hydroxyl groups is 1. The van der Waals surface area contributed by atoms with Gasteiger partial charge in [-0.1, -0.05) is 6.92 Å². The van der Waals surface area contributed by atoms with Gasteiger partial charge in [0.25, 0.3) is 0 Å². The fourth-order valence-electron chi connectivity index (χ4n) is 2.32. The summed E-state index contributed by atoms with van der Waals surface area (Å²) < 4.78 is 0. The third-order valence-electron chi connectivity index (χ3n) is 3.52. The van der Waals surface area contributed by atoms with Gasteiger partial charge >= 0.3 is 0 Å². The van der Waals surface area contributed by atoms with Crippen molar-refractivity contribution in [3.05, 3.63) is 0 Å². The first-order valence-electron chi connectivity index (χ1n) is 6.11. The van der Waals surface area contributed by atoms with Gasteiger partial charge in [-0.15, -0.1) is 0 Å². The first kappa shape index (κ1) is 13.5. The van der Waals surface area contributed by atoms with Crippen LogP contribution in [0.4, 0.5) is 0 Å². The highest BCUT2D eigenvalue weighted by Gasteiger charge is 2.29. The number of likely N-dealkylation sites (tertiary alicyclic amines) is 1. The lowest BCUT2D eigenvalue weighted by Crippen LogP contribution is -2.36. The van der Waals surface area contributed by atoms with Crippen molar-refractivity contribution in [3.8, 4) is 0 Å². The predicted octanol–water partition coefficient (Wildman–Crippen LogP) is 0.557. The molecule has 1 fully saturated rings. The molecule has 0 aromatic heterocycles. The summed E-state index contributed by atoms with van der Waals surface area (Å²) in [5.41, 5.74) is 0. The zero-order valence-corrected chi connectivity index (χ0v) is 10.6. The number of nitrogens with zero attached hydrogens (tertiary/aromatic N) is 2. The van der Waals surface area contributed by atoms with Gasteiger partial charge in [-0.05, 0) is 31.8 Å². The smallest absolute Gasteiger partial charge is 0.222 e. The summed E-state index contributed by atoms with van der Waals surface area (Å²) in [4.78, 5) is 15.3. The van der Waals surface area contributed by atoms with Gasteiger partial charge in [-0.25, -0.2) is 0 Å². The van der Waals surface area contributed by atoms with E-state index in [4.69, 9.17) is 0 Å². The van der Waals surface area contributed by atoms with E-state index < -0.39 is 0 Å². The molecule has 0 spiro atoms. The second-order valence-corrected chi connectivity index (χ2v) is 4.94. The molecule has 0 saturated carbocycles. The number of rotatable bonds is 5. The van der Waals surface area contributed by atoms with Crippen molar-refractivity contribution < 1.29 is 9.90 Å². The molecule has 1 aliphatic rings. The molecule has 1 aliphatic heterocycles. The van der Waals surface area contributed by atoms with E-state index in [-0.39, 0.29) is 12.5 Å². The van der Waals surface area contributed by atoms with Gasteiger partial charge in [0.1, 0.15) is 0 Å². The van der Waals surface area contributed by atoms with Gasteiger partial charge in [0.15, 0.2) is 0 Å². The molecule has 0 bridgehead atoms. The summed E-state index contributed by atoms with van der Waals surface area (Å²) in [6, 6.07) is 0.300. The standard InChI is InChI=1S/C12H24N2O2/c1-10-6-8-14(11(10)9-15)7-4-5-12(16)13(2)3/h10-11,15H,4-9H2,1-3H3. The van der Waals surface area contributed by atoms with Crippen LogP contribution >= 0.6 is 0 Å². The van der Waals surface area contributed by atoms with Crippen molar-refractivity contribution in [1.29, 1.82) is 0 Å². The molecule has 2 atom stereocenters. The molecule has 4 heteroatoms. The molecule has 1 rings (SSSR count). The lowest BCUT2D eigenvalue weighted by molar-refractivity contribution is -0.128. The molecule has 1 heterocycles. The quantitative estimate of drug-likeness (QED) is 0.747. The van der Waals surface area contributed by atoms with E-state index in [1.165, 1.54) is 0 Å². The van der Waals surface area contributed by atoms with Crippen LogP contribution in [0.1, 0.15) is 26.2 Å². The lowest BCUT2D eigenvalue weighted by Gasteiger charge is -2.24. The van der Waals surface area contributed by atoms with E-state index in [0.29, 0.717) is 18.4 Å². The maximum Gasteiger partial charge on any atom is 0.222 e. The van der Waals surface area contributed by atoms with Crippen molar-refractivity contribution in [2.75, 3.05) is 33.8 Å². The topological polar surface area (TPSA) is 43.8 Å². The molecule has 4 nitrogen and oxygen atoms in total. The summed E-state index contributed by atoms with van der Waals surface area (Å²) >= 11 is 0. The SMILES string of the molecule is CC1CCN(CCCC(=O)N(C)C)C1CO. The normalized spacial score (nSPS) is 26.0. The van der Waals surface area contributed by atoms with E-state index in [0.717, 1.165) is 25.9 Å². The fraction of sp³-hybridized carbons (Fsp3) is 0.917. The van der Waals surface area contributed by atoms with Gasteiger partial charge in [0, 0.05) is 26.6 Å². The number of aliphatic hydroxyl groups excluding tert-OH is 1.